The number of alkyl halides is 5. The highest BCUT2D eigenvalue weighted by atomic mass is 19.4. The van der Waals surface area contributed by atoms with Gasteiger partial charge in [0.15, 0.2) is 0 Å². The topological polar surface area (TPSA) is 37.7 Å². The van der Waals surface area contributed by atoms with E-state index in [2.05, 4.69) is 0 Å². The van der Waals surface area contributed by atoms with E-state index < -0.39 is 31.1 Å². The van der Waals surface area contributed by atoms with Crippen LogP contribution in [0.3, 0.4) is 0 Å². The number of likely N-dealkylation sites (tertiary alicyclic amines) is 2. The van der Waals surface area contributed by atoms with Crippen molar-refractivity contribution in [3.8, 4) is 5.75 Å². The third-order valence-electron chi connectivity index (χ3n) is 5.96. The zero-order valence-corrected chi connectivity index (χ0v) is 16.8. The molecular formula is C21H24F5N3O2. The predicted molar refractivity (Wildman–Crippen MR) is 104 cm³/mol. The molecule has 31 heavy (non-hydrogen) atoms. The minimum absolute atomic E-state index is 0.108. The molecule has 2 aliphatic heterocycles. The highest BCUT2D eigenvalue weighted by molar-refractivity contribution is 5.86. The van der Waals surface area contributed by atoms with E-state index in [0.29, 0.717) is 43.6 Å². The van der Waals surface area contributed by atoms with Crippen LogP contribution in [-0.2, 0) is 11.3 Å². The van der Waals surface area contributed by atoms with Gasteiger partial charge in [0, 0.05) is 31.2 Å². The average molecular weight is 445 g/mol. The van der Waals surface area contributed by atoms with E-state index in [9.17, 15) is 26.7 Å². The lowest BCUT2D eigenvalue weighted by atomic mass is 10.0. The molecular weight excluding hydrogens is 421 g/mol. The van der Waals surface area contributed by atoms with Crippen molar-refractivity contribution >= 4 is 16.8 Å². The molecule has 1 amide bonds. The molecule has 0 radical (unpaired) electrons. The van der Waals surface area contributed by atoms with Crippen molar-refractivity contribution < 1.29 is 31.5 Å². The SMILES string of the molecule is O=C1C(N2CCC(Oc3cccc4c3ccn4CC(F)F)CC2)CCN1CC(F)(F)F. The second-order valence-electron chi connectivity index (χ2n) is 8.08. The number of nitrogens with zero attached hydrogens (tertiary/aromatic N) is 3. The molecule has 2 saturated heterocycles. The Morgan fingerprint density at radius 3 is 2.48 bits per heavy atom. The van der Waals surface area contributed by atoms with Crippen LogP contribution < -0.4 is 4.74 Å². The van der Waals surface area contributed by atoms with Crippen LogP contribution in [-0.4, -0.2) is 71.2 Å². The smallest absolute Gasteiger partial charge is 0.406 e. The predicted octanol–water partition coefficient (Wildman–Crippen LogP) is 3.91. The van der Waals surface area contributed by atoms with Crippen molar-refractivity contribution in [2.45, 2.75) is 50.6 Å². The molecule has 1 aromatic heterocycles. The summed E-state index contributed by atoms with van der Waals surface area (Å²) in [5.41, 5.74) is 0.677. The molecule has 4 rings (SSSR count). The van der Waals surface area contributed by atoms with Gasteiger partial charge in [-0.2, -0.15) is 13.2 Å². The quantitative estimate of drug-likeness (QED) is 0.633. The van der Waals surface area contributed by atoms with E-state index in [-0.39, 0.29) is 19.2 Å². The highest BCUT2D eigenvalue weighted by Gasteiger charge is 2.42. The summed E-state index contributed by atoms with van der Waals surface area (Å²) in [6, 6.07) is 6.59. The minimum atomic E-state index is -4.39. The Bertz CT molecular complexity index is 921. The van der Waals surface area contributed by atoms with Crippen LogP contribution in [0.15, 0.2) is 30.5 Å². The summed E-state index contributed by atoms with van der Waals surface area (Å²) in [6.45, 7) is -0.340. The fourth-order valence-corrected chi connectivity index (χ4v) is 4.53. The average Bonchev–Trinajstić information content (AvgIpc) is 3.26. The number of benzene rings is 1. The van der Waals surface area contributed by atoms with Gasteiger partial charge in [-0.15, -0.1) is 0 Å². The van der Waals surface area contributed by atoms with Gasteiger partial charge in [-0.25, -0.2) is 8.78 Å². The number of aromatic nitrogens is 1. The number of hydrogen-bond donors (Lipinski definition) is 0. The van der Waals surface area contributed by atoms with Crippen molar-refractivity contribution in [3.63, 3.8) is 0 Å². The van der Waals surface area contributed by atoms with Crippen LogP contribution in [0, 0.1) is 0 Å². The molecule has 0 saturated carbocycles. The molecule has 2 fully saturated rings. The van der Waals surface area contributed by atoms with Crippen molar-refractivity contribution in [2.75, 3.05) is 26.2 Å². The van der Waals surface area contributed by atoms with E-state index in [1.165, 1.54) is 4.57 Å². The largest absolute Gasteiger partial charge is 0.490 e. The van der Waals surface area contributed by atoms with Crippen LogP contribution in [0.5, 0.6) is 5.75 Å². The molecule has 0 bridgehead atoms. The molecule has 5 nitrogen and oxygen atoms in total. The molecule has 1 atom stereocenters. The first-order valence-corrected chi connectivity index (χ1v) is 10.3. The number of fused-ring (bicyclic) bond motifs is 1. The molecule has 0 spiro atoms. The zero-order valence-electron chi connectivity index (χ0n) is 16.8. The molecule has 0 N–H and O–H groups in total. The lowest BCUT2D eigenvalue weighted by molar-refractivity contribution is -0.159. The van der Waals surface area contributed by atoms with Crippen LogP contribution in [0.1, 0.15) is 19.3 Å². The fourth-order valence-electron chi connectivity index (χ4n) is 4.53. The number of ether oxygens (including phenoxy) is 1. The maximum absolute atomic E-state index is 12.8. The molecule has 0 aliphatic carbocycles. The third-order valence-corrected chi connectivity index (χ3v) is 5.96. The summed E-state index contributed by atoms with van der Waals surface area (Å²) >= 11 is 0. The van der Waals surface area contributed by atoms with Gasteiger partial charge in [-0.1, -0.05) is 6.07 Å². The third kappa shape index (κ3) is 4.94. The Morgan fingerprint density at radius 1 is 1.06 bits per heavy atom. The summed E-state index contributed by atoms with van der Waals surface area (Å²) in [5.74, 6) is 0.166. The van der Waals surface area contributed by atoms with E-state index in [1.807, 2.05) is 4.90 Å². The second-order valence-corrected chi connectivity index (χ2v) is 8.08. The van der Waals surface area contributed by atoms with Crippen molar-refractivity contribution in [3.05, 3.63) is 30.5 Å². The first-order chi connectivity index (χ1) is 14.7. The van der Waals surface area contributed by atoms with Crippen LogP contribution in [0.4, 0.5) is 22.0 Å². The van der Waals surface area contributed by atoms with E-state index in [1.54, 1.807) is 30.5 Å². The molecule has 170 valence electrons. The lowest BCUT2D eigenvalue weighted by Crippen LogP contribution is -2.48. The Kier molecular flexibility index (Phi) is 6.09. The van der Waals surface area contributed by atoms with E-state index in [4.69, 9.17) is 4.74 Å². The number of hydrogen-bond acceptors (Lipinski definition) is 3. The summed E-state index contributed by atoms with van der Waals surface area (Å²) in [7, 11) is 0. The van der Waals surface area contributed by atoms with Crippen molar-refractivity contribution in [2.24, 2.45) is 0 Å². The van der Waals surface area contributed by atoms with Gasteiger partial charge in [0.1, 0.15) is 18.4 Å². The lowest BCUT2D eigenvalue weighted by Gasteiger charge is -2.35. The first kappa shape index (κ1) is 21.9. The van der Waals surface area contributed by atoms with Gasteiger partial charge < -0.3 is 14.2 Å². The fraction of sp³-hybridized carbons (Fsp3) is 0.571. The van der Waals surface area contributed by atoms with Gasteiger partial charge in [-0.05, 0) is 37.5 Å². The first-order valence-electron chi connectivity index (χ1n) is 10.3. The Hall–Kier alpha value is -2.36. The van der Waals surface area contributed by atoms with Gasteiger partial charge >= 0.3 is 6.18 Å². The van der Waals surface area contributed by atoms with Gasteiger partial charge in [0.2, 0.25) is 5.91 Å². The molecule has 2 aromatic rings. The van der Waals surface area contributed by atoms with E-state index >= 15 is 0 Å². The van der Waals surface area contributed by atoms with Gasteiger partial charge in [0.05, 0.1) is 18.1 Å². The molecule has 2 aliphatic rings. The zero-order chi connectivity index (χ0) is 22.2. The molecule has 10 heteroatoms. The molecule has 1 unspecified atom stereocenters. The number of amides is 1. The Balaban J connectivity index is 1.35. The number of halogens is 5. The monoisotopic (exact) mass is 445 g/mol. The Morgan fingerprint density at radius 2 is 1.81 bits per heavy atom. The molecule has 1 aromatic carbocycles. The highest BCUT2D eigenvalue weighted by Crippen LogP contribution is 2.31. The maximum Gasteiger partial charge on any atom is 0.406 e. The van der Waals surface area contributed by atoms with Crippen molar-refractivity contribution in [1.82, 2.24) is 14.4 Å². The maximum atomic E-state index is 12.8. The summed E-state index contributed by atoms with van der Waals surface area (Å²) < 4.78 is 71.0. The summed E-state index contributed by atoms with van der Waals surface area (Å²) in [5, 5.41) is 0.763. The Labute approximate surface area is 176 Å². The number of rotatable bonds is 6. The minimum Gasteiger partial charge on any atom is -0.490 e. The van der Waals surface area contributed by atoms with Crippen molar-refractivity contribution in [1.29, 1.82) is 0 Å². The standard InChI is InChI=1S/C21H24F5N3O2/c22-19(23)12-28-10-6-15-16(28)2-1-3-18(15)31-14-4-8-27(9-5-14)17-7-11-29(20(17)30)13-21(24,25)26/h1-3,6,10,14,17,19H,4-5,7-9,11-13H2. The normalized spacial score (nSPS) is 21.5. The van der Waals surface area contributed by atoms with E-state index in [0.717, 1.165) is 10.3 Å². The summed E-state index contributed by atoms with van der Waals surface area (Å²) in [4.78, 5) is 15.2. The number of carbonyl (C=O) groups excluding carboxylic acids is 1. The van der Waals surface area contributed by atoms with Gasteiger partial charge in [0.25, 0.3) is 6.43 Å². The number of piperidine rings is 1. The van der Waals surface area contributed by atoms with Gasteiger partial charge in [-0.3, -0.25) is 9.69 Å². The molecule has 3 heterocycles. The second kappa shape index (κ2) is 8.64. The van der Waals surface area contributed by atoms with Crippen LogP contribution in [0.2, 0.25) is 0 Å². The summed E-state index contributed by atoms with van der Waals surface area (Å²) in [6.07, 6.45) is -3.66. The van der Waals surface area contributed by atoms with Crippen LogP contribution in [0.25, 0.3) is 10.9 Å². The van der Waals surface area contributed by atoms with Crippen LogP contribution >= 0.6 is 0 Å². The number of carbonyl (C=O) groups is 1.